The summed E-state index contributed by atoms with van der Waals surface area (Å²) in [6, 6.07) is 11.6. The topological polar surface area (TPSA) is 13.1 Å². The third-order valence-electron chi connectivity index (χ3n) is 2.52. The van der Waals surface area contributed by atoms with Crippen LogP contribution in [-0.2, 0) is 0 Å². The van der Waals surface area contributed by atoms with Crippen LogP contribution in [0.1, 0.15) is 6.93 Å². The Labute approximate surface area is 93.7 Å². The minimum atomic E-state index is 0.265. The molecule has 1 aromatic heterocycles. The van der Waals surface area contributed by atoms with Crippen LogP contribution in [0.25, 0.3) is 21.9 Å². The highest BCUT2D eigenvalue weighted by Gasteiger charge is 2.08. The lowest BCUT2D eigenvalue weighted by molar-refractivity contribution is 0.668. The Hall–Kier alpha value is -1.47. The average molecular weight is 218 g/mol. The number of rotatable bonds is 0. The van der Waals surface area contributed by atoms with E-state index in [0.29, 0.717) is 5.02 Å². The van der Waals surface area contributed by atoms with E-state index in [-0.39, 0.29) is 6.90 Å². The maximum absolute atomic E-state index is 7.33. The van der Waals surface area contributed by atoms with E-state index in [9.17, 15) is 0 Å². The van der Waals surface area contributed by atoms with Crippen molar-refractivity contribution in [2.24, 2.45) is 0 Å². The quantitative estimate of drug-likeness (QED) is 0.539. The van der Waals surface area contributed by atoms with Gasteiger partial charge in [0.25, 0.3) is 0 Å². The SMILES string of the molecule is [2H]Cc1ccc2c(c1)oc1c(Cl)cccc12. The Balaban J connectivity index is 2.45. The van der Waals surface area contributed by atoms with Crippen molar-refractivity contribution >= 4 is 33.5 Å². The third kappa shape index (κ3) is 1.24. The summed E-state index contributed by atoms with van der Waals surface area (Å²) in [5, 5.41) is 2.70. The molecule has 0 amide bonds. The van der Waals surface area contributed by atoms with Crippen molar-refractivity contribution in [1.82, 2.24) is 0 Å². The Morgan fingerprint density at radius 3 is 3.00 bits per heavy atom. The molecule has 3 aromatic rings. The normalized spacial score (nSPS) is 12.2. The van der Waals surface area contributed by atoms with E-state index >= 15 is 0 Å². The van der Waals surface area contributed by atoms with E-state index in [4.69, 9.17) is 17.4 Å². The lowest BCUT2D eigenvalue weighted by Crippen LogP contribution is -1.69. The summed E-state index contributed by atoms with van der Waals surface area (Å²) in [4.78, 5) is 0. The van der Waals surface area contributed by atoms with Gasteiger partial charge in [0.2, 0.25) is 0 Å². The summed E-state index contributed by atoms with van der Waals surface area (Å²) in [6.07, 6.45) is 0. The number of hydrogen-bond acceptors (Lipinski definition) is 1. The molecule has 0 radical (unpaired) electrons. The standard InChI is InChI=1S/C13H9ClO/c1-8-5-6-9-10-3-2-4-11(14)13(10)15-12(9)7-8/h2-7H,1H3/i1D. The molecule has 0 fully saturated rings. The Kier molecular flexibility index (Phi) is 1.56. The Morgan fingerprint density at radius 1 is 1.20 bits per heavy atom. The number of furan rings is 1. The van der Waals surface area contributed by atoms with E-state index in [0.717, 1.165) is 27.5 Å². The molecule has 2 heteroatoms. The van der Waals surface area contributed by atoms with Crippen molar-refractivity contribution in [2.75, 3.05) is 0 Å². The van der Waals surface area contributed by atoms with Crippen LogP contribution in [0.15, 0.2) is 40.8 Å². The minimum absolute atomic E-state index is 0.265. The molecule has 3 rings (SSSR count). The second-order valence-electron chi connectivity index (χ2n) is 3.55. The van der Waals surface area contributed by atoms with Gasteiger partial charge in [0.15, 0.2) is 5.58 Å². The predicted octanol–water partition coefficient (Wildman–Crippen LogP) is 4.55. The average Bonchev–Trinajstić information content (AvgIpc) is 2.68. The van der Waals surface area contributed by atoms with Gasteiger partial charge in [0.1, 0.15) is 5.58 Å². The van der Waals surface area contributed by atoms with Crippen molar-refractivity contribution < 1.29 is 5.79 Å². The molecule has 0 atom stereocenters. The Bertz CT molecular complexity index is 672. The number of para-hydroxylation sites is 1. The zero-order valence-electron chi connectivity index (χ0n) is 8.96. The largest absolute Gasteiger partial charge is 0.454 e. The molecule has 0 saturated carbocycles. The highest BCUT2D eigenvalue weighted by molar-refractivity contribution is 6.35. The van der Waals surface area contributed by atoms with E-state index in [1.807, 2.05) is 36.4 Å². The molecule has 0 aliphatic rings. The van der Waals surface area contributed by atoms with Gasteiger partial charge in [-0.3, -0.25) is 0 Å². The van der Waals surface area contributed by atoms with Crippen molar-refractivity contribution in [2.45, 2.75) is 6.90 Å². The van der Waals surface area contributed by atoms with Gasteiger partial charge in [0, 0.05) is 12.1 Å². The molecular formula is C13H9ClO. The van der Waals surface area contributed by atoms with Gasteiger partial charge in [-0.1, -0.05) is 35.9 Å². The maximum Gasteiger partial charge on any atom is 0.153 e. The monoisotopic (exact) mass is 217 g/mol. The molecule has 0 N–H and O–H groups in total. The van der Waals surface area contributed by atoms with Crippen molar-refractivity contribution in [3.05, 3.63) is 47.0 Å². The first-order valence-electron chi connectivity index (χ1n) is 5.39. The minimum Gasteiger partial charge on any atom is -0.454 e. The van der Waals surface area contributed by atoms with Crippen LogP contribution < -0.4 is 0 Å². The van der Waals surface area contributed by atoms with E-state index in [2.05, 4.69) is 0 Å². The van der Waals surface area contributed by atoms with E-state index in [1.54, 1.807) is 0 Å². The summed E-state index contributed by atoms with van der Waals surface area (Å²) in [5.74, 6) is 0. The number of aryl methyl sites for hydroxylation is 1. The molecule has 15 heavy (non-hydrogen) atoms. The molecule has 0 aliphatic heterocycles. The molecule has 0 aliphatic carbocycles. The lowest BCUT2D eigenvalue weighted by atomic mass is 10.1. The molecule has 0 bridgehead atoms. The highest BCUT2D eigenvalue weighted by atomic mass is 35.5. The molecule has 0 spiro atoms. The molecule has 1 heterocycles. The number of benzene rings is 2. The number of halogens is 1. The summed E-state index contributed by atoms with van der Waals surface area (Å²) in [5.41, 5.74) is 2.47. The molecule has 0 unspecified atom stereocenters. The summed E-state index contributed by atoms with van der Waals surface area (Å²) >= 11 is 6.07. The van der Waals surface area contributed by atoms with Crippen molar-refractivity contribution in [1.29, 1.82) is 0 Å². The molecule has 74 valence electrons. The maximum atomic E-state index is 7.33. The van der Waals surface area contributed by atoms with Crippen LogP contribution in [0.4, 0.5) is 0 Å². The molecule has 0 saturated heterocycles. The smallest absolute Gasteiger partial charge is 0.153 e. The first-order chi connectivity index (χ1) is 7.79. The van der Waals surface area contributed by atoms with Crippen molar-refractivity contribution in [3.63, 3.8) is 0 Å². The summed E-state index contributed by atoms with van der Waals surface area (Å²) in [7, 11) is 0. The van der Waals surface area contributed by atoms with Crippen LogP contribution in [0, 0.1) is 6.90 Å². The molecular weight excluding hydrogens is 208 g/mol. The van der Waals surface area contributed by atoms with Crippen LogP contribution >= 0.6 is 11.6 Å². The highest BCUT2D eigenvalue weighted by Crippen LogP contribution is 2.33. The zero-order valence-corrected chi connectivity index (χ0v) is 8.71. The fourth-order valence-electron chi connectivity index (χ4n) is 1.81. The van der Waals surface area contributed by atoms with Gasteiger partial charge in [-0.15, -0.1) is 0 Å². The van der Waals surface area contributed by atoms with E-state index < -0.39 is 0 Å². The van der Waals surface area contributed by atoms with E-state index in [1.165, 1.54) is 0 Å². The van der Waals surface area contributed by atoms with Crippen molar-refractivity contribution in [3.8, 4) is 0 Å². The first kappa shape index (κ1) is 7.77. The molecule has 1 nitrogen and oxygen atoms in total. The summed E-state index contributed by atoms with van der Waals surface area (Å²) < 4.78 is 13.0. The fourth-order valence-corrected chi connectivity index (χ4v) is 2.02. The van der Waals surface area contributed by atoms with Crippen LogP contribution in [-0.4, -0.2) is 0 Å². The fraction of sp³-hybridized carbons (Fsp3) is 0.0769. The van der Waals surface area contributed by atoms with Crippen LogP contribution in [0.3, 0.4) is 0 Å². The van der Waals surface area contributed by atoms with Gasteiger partial charge in [-0.25, -0.2) is 0 Å². The number of hydrogen-bond donors (Lipinski definition) is 0. The summed E-state index contributed by atoms with van der Waals surface area (Å²) in [6.45, 7) is 0.265. The molecule has 2 aromatic carbocycles. The van der Waals surface area contributed by atoms with Gasteiger partial charge < -0.3 is 4.42 Å². The van der Waals surface area contributed by atoms with Crippen LogP contribution in [0.2, 0.25) is 5.02 Å². The third-order valence-corrected chi connectivity index (χ3v) is 2.81. The number of fused-ring (bicyclic) bond motifs is 3. The zero-order chi connectivity index (χ0) is 11.1. The van der Waals surface area contributed by atoms with Gasteiger partial charge in [0.05, 0.1) is 5.02 Å². The van der Waals surface area contributed by atoms with Crippen LogP contribution in [0.5, 0.6) is 0 Å². The lowest BCUT2D eigenvalue weighted by Gasteiger charge is -1.90. The van der Waals surface area contributed by atoms with Gasteiger partial charge in [-0.05, 0) is 24.6 Å². The first-order valence-corrected chi connectivity index (χ1v) is 5.06. The second kappa shape index (κ2) is 3.01. The van der Waals surface area contributed by atoms with Gasteiger partial charge >= 0.3 is 0 Å². The predicted molar refractivity (Wildman–Crippen MR) is 63.5 cm³/mol. The van der Waals surface area contributed by atoms with Gasteiger partial charge in [-0.2, -0.15) is 0 Å². The second-order valence-corrected chi connectivity index (χ2v) is 3.96. The Morgan fingerprint density at radius 2 is 2.13 bits per heavy atom.